The molecule has 0 spiro atoms. The molecule has 0 radical (unpaired) electrons. The topological polar surface area (TPSA) is 55.6 Å². The van der Waals surface area contributed by atoms with Crippen molar-refractivity contribution in [2.24, 2.45) is 5.73 Å². The normalized spacial score (nSPS) is 24.3. The van der Waals surface area contributed by atoms with Gasteiger partial charge in [-0.1, -0.05) is 0 Å². The SMILES string of the molecule is COC(=O)CCN1CC[C@@H](N)C1. The highest BCUT2D eigenvalue weighted by Crippen LogP contribution is 2.06. The Morgan fingerprint density at radius 1 is 1.75 bits per heavy atom. The molecule has 4 nitrogen and oxygen atoms in total. The zero-order valence-corrected chi connectivity index (χ0v) is 7.45. The van der Waals surface area contributed by atoms with E-state index in [0.29, 0.717) is 12.5 Å². The summed E-state index contributed by atoms with van der Waals surface area (Å²) in [5.41, 5.74) is 5.71. The molecule has 1 aliphatic rings. The van der Waals surface area contributed by atoms with Crippen molar-refractivity contribution in [2.75, 3.05) is 26.7 Å². The van der Waals surface area contributed by atoms with Gasteiger partial charge >= 0.3 is 5.97 Å². The predicted molar refractivity (Wildman–Crippen MR) is 45.7 cm³/mol. The van der Waals surface area contributed by atoms with Crippen molar-refractivity contribution in [1.29, 1.82) is 0 Å². The van der Waals surface area contributed by atoms with E-state index in [1.165, 1.54) is 7.11 Å². The van der Waals surface area contributed by atoms with Crippen LogP contribution in [-0.4, -0.2) is 43.7 Å². The first-order valence-corrected chi connectivity index (χ1v) is 4.27. The molecule has 1 heterocycles. The van der Waals surface area contributed by atoms with E-state index in [1.807, 2.05) is 0 Å². The van der Waals surface area contributed by atoms with Gasteiger partial charge in [0.2, 0.25) is 0 Å². The number of nitrogens with two attached hydrogens (primary N) is 1. The number of rotatable bonds is 3. The fourth-order valence-electron chi connectivity index (χ4n) is 1.42. The average molecular weight is 172 g/mol. The Labute approximate surface area is 72.7 Å². The maximum absolute atomic E-state index is 10.8. The van der Waals surface area contributed by atoms with Gasteiger partial charge in [0, 0.05) is 19.1 Å². The number of esters is 1. The molecule has 1 rings (SSSR count). The second-order valence-electron chi connectivity index (χ2n) is 3.18. The molecule has 0 aromatic heterocycles. The Bertz CT molecular complexity index is 161. The van der Waals surface area contributed by atoms with E-state index in [1.54, 1.807) is 0 Å². The number of carbonyl (C=O) groups is 1. The number of ether oxygens (including phenoxy) is 1. The summed E-state index contributed by atoms with van der Waals surface area (Å²) >= 11 is 0. The summed E-state index contributed by atoms with van der Waals surface area (Å²) in [6.45, 7) is 2.70. The first-order valence-electron chi connectivity index (χ1n) is 4.27. The Hall–Kier alpha value is -0.610. The van der Waals surface area contributed by atoms with Crippen molar-refractivity contribution in [2.45, 2.75) is 18.9 Å². The molecule has 1 aliphatic heterocycles. The van der Waals surface area contributed by atoms with E-state index in [-0.39, 0.29) is 5.97 Å². The summed E-state index contributed by atoms with van der Waals surface area (Å²) in [5.74, 6) is -0.143. The molecule has 2 N–H and O–H groups in total. The van der Waals surface area contributed by atoms with Crippen LogP contribution in [0.4, 0.5) is 0 Å². The zero-order valence-electron chi connectivity index (χ0n) is 7.45. The molecular formula is C8H16N2O2. The summed E-state index contributed by atoms with van der Waals surface area (Å²) in [4.78, 5) is 13.0. The van der Waals surface area contributed by atoms with Crippen molar-refractivity contribution >= 4 is 5.97 Å². The van der Waals surface area contributed by atoms with Crippen molar-refractivity contribution in [3.8, 4) is 0 Å². The smallest absolute Gasteiger partial charge is 0.306 e. The van der Waals surface area contributed by atoms with Crippen LogP contribution in [0, 0.1) is 0 Å². The van der Waals surface area contributed by atoms with Gasteiger partial charge < -0.3 is 15.4 Å². The lowest BCUT2D eigenvalue weighted by molar-refractivity contribution is -0.140. The maximum atomic E-state index is 10.8. The quantitative estimate of drug-likeness (QED) is 0.588. The fourth-order valence-corrected chi connectivity index (χ4v) is 1.42. The molecule has 0 aliphatic carbocycles. The van der Waals surface area contributed by atoms with E-state index in [4.69, 9.17) is 5.73 Å². The summed E-state index contributed by atoms with van der Waals surface area (Å²) in [7, 11) is 1.41. The third kappa shape index (κ3) is 2.79. The van der Waals surface area contributed by atoms with Crippen LogP contribution < -0.4 is 5.73 Å². The third-order valence-corrected chi connectivity index (χ3v) is 2.17. The second kappa shape index (κ2) is 4.42. The Morgan fingerprint density at radius 3 is 3.00 bits per heavy atom. The monoisotopic (exact) mass is 172 g/mol. The summed E-state index contributed by atoms with van der Waals surface area (Å²) < 4.78 is 4.54. The largest absolute Gasteiger partial charge is 0.469 e. The van der Waals surface area contributed by atoms with Crippen molar-refractivity contribution in [1.82, 2.24) is 4.90 Å². The van der Waals surface area contributed by atoms with Gasteiger partial charge in [0.05, 0.1) is 13.5 Å². The minimum atomic E-state index is -0.143. The number of hydrogen-bond donors (Lipinski definition) is 1. The summed E-state index contributed by atoms with van der Waals surface area (Å²) in [5, 5.41) is 0. The van der Waals surface area contributed by atoms with Crippen molar-refractivity contribution < 1.29 is 9.53 Å². The minimum Gasteiger partial charge on any atom is -0.469 e. The Kier molecular flexibility index (Phi) is 3.49. The summed E-state index contributed by atoms with van der Waals surface area (Å²) in [6.07, 6.45) is 1.52. The van der Waals surface area contributed by atoms with Crippen LogP contribution in [0.2, 0.25) is 0 Å². The Balaban J connectivity index is 2.11. The standard InChI is InChI=1S/C8H16N2O2/c1-12-8(11)3-5-10-4-2-7(9)6-10/h7H,2-6,9H2,1H3/t7-/m1/s1. The van der Waals surface area contributed by atoms with Gasteiger partial charge in [-0.05, 0) is 13.0 Å². The summed E-state index contributed by atoms with van der Waals surface area (Å²) in [6, 6.07) is 0.294. The van der Waals surface area contributed by atoms with E-state index in [9.17, 15) is 4.79 Å². The van der Waals surface area contributed by atoms with Gasteiger partial charge in [0.25, 0.3) is 0 Å². The second-order valence-corrected chi connectivity index (χ2v) is 3.18. The number of hydrogen-bond acceptors (Lipinski definition) is 4. The van der Waals surface area contributed by atoms with Gasteiger partial charge in [-0.25, -0.2) is 0 Å². The number of carbonyl (C=O) groups excluding carboxylic acids is 1. The average Bonchev–Trinajstić information content (AvgIpc) is 2.47. The van der Waals surface area contributed by atoms with Gasteiger partial charge in [-0.15, -0.1) is 0 Å². The molecule has 0 amide bonds. The van der Waals surface area contributed by atoms with Crippen molar-refractivity contribution in [3.05, 3.63) is 0 Å². The highest BCUT2D eigenvalue weighted by molar-refractivity contribution is 5.69. The Morgan fingerprint density at radius 2 is 2.50 bits per heavy atom. The molecule has 1 fully saturated rings. The van der Waals surface area contributed by atoms with E-state index >= 15 is 0 Å². The molecule has 0 aromatic rings. The molecule has 70 valence electrons. The van der Waals surface area contributed by atoms with Crippen LogP contribution in [0.3, 0.4) is 0 Å². The van der Waals surface area contributed by atoms with Crippen LogP contribution in [0.5, 0.6) is 0 Å². The molecule has 0 aromatic carbocycles. The third-order valence-electron chi connectivity index (χ3n) is 2.17. The number of nitrogens with zero attached hydrogens (tertiary/aromatic N) is 1. The minimum absolute atomic E-state index is 0.143. The van der Waals surface area contributed by atoms with E-state index in [0.717, 1.165) is 26.1 Å². The fraction of sp³-hybridized carbons (Fsp3) is 0.875. The molecule has 0 saturated carbocycles. The van der Waals surface area contributed by atoms with Crippen LogP contribution >= 0.6 is 0 Å². The van der Waals surface area contributed by atoms with Gasteiger partial charge in [0.1, 0.15) is 0 Å². The van der Waals surface area contributed by atoms with Crippen molar-refractivity contribution in [3.63, 3.8) is 0 Å². The van der Waals surface area contributed by atoms with Crippen LogP contribution in [0.15, 0.2) is 0 Å². The highest BCUT2D eigenvalue weighted by atomic mass is 16.5. The maximum Gasteiger partial charge on any atom is 0.306 e. The van der Waals surface area contributed by atoms with Crippen LogP contribution in [0.25, 0.3) is 0 Å². The molecule has 1 saturated heterocycles. The number of likely N-dealkylation sites (tertiary alicyclic amines) is 1. The molecule has 12 heavy (non-hydrogen) atoms. The molecule has 1 atom stereocenters. The first kappa shape index (κ1) is 9.48. The zero-order chi connectivity index (χ0) is 8.97. The molecule has 0 bridgehead atoms. The van der Waals surface area contributed by atoms with Crippen LogP contribution in [0.1, 0.15) is 12.8 Å². The lowest BCUT2D eigenvalue weighted by Crippen LogP contribution is -2.28. The number of methoxy groups -OCH3 is 1. The lowest BCUT2D eigenvalue weighted by Gasteiger charge is -2.13. The predicted octanol–water partition coefficient (Wildman–Crippen LogP) is -0.417. The van der Waals surface area contributed by atoms with Crippen LogP contribution in [-0.2, 0) is 9.53 Å². The van der Waals surface area contributed by atoms with Gasteiger partial charge in [-0.2, -0.15) is 0 Å². The molecule has 0 unspecified atom stereocenters. The van der Waals surface area contributed by atoms with Gasteiger partial charge in [0.15, 0.2) is 0 Å². The molecule has 4 heteroatoms. The van der Waals surface area contributed by atoms with E-state index in [2.05, 4.69) is 9.64 Å². The van der Waals surface area contributed by atoms with Gasteiger partial charge in [-0.3, -0.25) is 4.79 Å². The first-order chi connectivity index (χ1) is 5.72. The van der Waals surface area contributed by atoms with E-state index < -0.39 is 0 Å². The highest BCUT2D eigenvalue weighted by Gasteiger charge is 2.19. The molecular weight excluding hydrogens is 156 g/mol. The lowest BCUT2D eigenvalue weighted by atomic mass is 10.3.